The summed E-state index contributed by atoms with van der Waals surface area (Å²) in [5.74, 6) is 0.715. The number of ether oxygens (including phenoxy) is 1. The lowest BCUT2D eigenvalue weighted by Gasteiger charge is -2.12. The predicted molar refractivity (Wildman–Crippen MR) is 149 cm³/mol. The van der Waals surface area contributed by atoms with Gasteiger partial charge in [0.2, 0.25) is 5.91 Å². The van der Waals surface area contributed by atoms with Crippen molar-refractivity contribution in [2.24, 2.45) is 0 Å². The highest BCUT2D eigenvalue weighted by Crippen LogP contribution is 2.25. The molecule has 0 saturated heterocycles. The molecule has 0 aliphatic heterocycles. The summed E-state index contributed by atoms with van der Waals surface area (Å²) in [6.07, 6.45) is 0. The van der Waals surface area contributed by atoms with Crippen LogP contribution in [0.5, 0.6) is 5.75 Å². The fraction of sp³-hybridized carbons (Fsp3) is 0.120. The van der Waals surface area contributed by atoms with Crippen LogP contribution in [-0.4, -0.2) is 39.4 Å². The van der Waals surface area contributed by atoms with Gasteiger partial charge >= 0.3 is 0 Å². The van der Waals surface area contributed by atoms with Crippen LogP contribution in [0.25, 0.3) is 5.69 Å². The number of carbonyl (C=O) groups excluding carboxylic acids is 2. The summed E-state index contributed by atoms with van der Waals surface area (Å²) in [7, 11) is 1.58. The molecule has 0 spiro atoms. The molecular weight excluding hydrogens is 601 g/mol. The van der Waals surface area contributed by atoms with Gasteiger partial charge in [-0.05, 0) is 66.7 Å². The number of methoxy groups -OCH3 is 1. The van der Waals surface area contributed by atoms with Gasteiger partial charge < -0.3 is 15.4 Å². The molecule has 0 fully saturated rings. The van der Waals surface area contributed by atoms with Crippen molar-refractivity contribution in [3.63, 3.8) is 0 Å². The van der Waals surface area contributed by atoms with Gasteiger partial charge in [-0.25, -0.2) is 0 Å². The molecule has 190 valence electrons. The van der Waals surface area contributed by atoms with Crippen molar-refractivity contribution >= 4 is 68.4 Å². The molecule has 0 radical (unpaired) electrons. The lowest BCUT2D eigenvalue weighted by atomic mass is 10.2. The van der Waals surface area contributed by atoms with Crippen LogP contribution in [-0.2, 0) is 11.3 Å². The number of amides is 2. The van der Waals surface area contributed by atoms with Crippen molar-refractivity contribution in [1.29, 1.82) is 0 Å². The van der Waals surface area contributed by atoms with E-state index in [1.54, 1.807) is 48.1 Å². The lowest BCUT2D eigenvalue weighted by molar-refractivity contribution is -0.113. The summed E-state index contributed by atoms with van der Waals surface area (Å²) in [4.78, 5) is 25.3. The monoisotopic (exact) mass is 619 g/mol. The standard InChI is InChI=1S/C25H20BrCl2N5O3S/c1-36-19-9-5-17(6-10-19)30-23(34)14-37-25-32-31-22(33(25)18-7-2-15(26)3-8-18)13-29-24(35)20-11-4-16(27)12-21(20)28/h2-12H,13-14H2,1H3,(H,29,35)(H,30,34). The van der Waals surface area contributed by atoms with Gasteiger partial charge in [0.25, 0.3) is 5.91 Å². The molecule has 2 N–H and O–H groups in total. The van der Waals surface area contributed by atoms with Crippen LogP contribution < -0.4 is 15.4 Å². The molecule has 1 aromatic heterocycles. The molecule has 0 saturated carbocycles. The van der Waals surface area contributed by atoms with Crippen molar-refractivity contribution in [2.45, 2.75) is 11.7 Å². The number of carbonyl (C=O) groups is 2. The van der Waals surface area contributed by atoms with Crippen molar-refractivity contribution < 1.29 is 14.3 Å². The molecule has 0 aliphatic rings. The summed E-state index contributed by atoms with van der Waals surface area (Å²) in [5, 5.41) is 15.4. The third-order valence-electron chi connectivity index (χ3n) is 5.07. The number of halogens is 3. The minimum Gasteiger partial charge on any atom is -0.497 e. The van der Waals surface area contributed by atoms with Gasteiger partial charge in [0.1, 0.15) is 5.75 Å². The van der Waals surface area contributed by atoms with Gasteiger partial charge in [-0.1, -0.05) is 50.9 Å². The number of hydrogen-bond donors (Lipinski definition) is 2. The molecule has 1 heterocycles. The number of rotatable bonds is 9. The zero-order chi connectivity index (χ0) is 26.4. The third-order valence-corrected chi connectivity index (χ3v) is 7.08. The zero-order valence-electron chi connectivity index (χ0n) is 19.4. The molecule has 8 nitrogen and oxygen atoms in total. The van der Waals surface area contributed by atoms with Gasteiger partial charge in [0, 0.05) is 20.9 Å². The summed E-state index contributed by atoms with van der Waals surface area (Å²) in [5.41, 5.74) is 1.73. The molecule has 0 bridgehead atoms. The number of nitrogens with one attached hydrogen (secondary N) is 2. The topological polar surface area (TPSA) is 98.1 Å². The Morgan fingerprint density at radius 3 is 2.43 bits per heavy atom. The Balaban J connectivity index is 1.49. The number of benzene rings is 3. The Kier molecular flexibility index (Phi) is 9.09. The van der Waals surface area contributed by atoms with Crippen LogP contribution in [0.2, 0.25) is 10.0 Å². The fourth-order valence-electron chi connectivity index (χ4n) is 3.29. The maximum Gasteiger partial charge on any atom is 0.253 e. The minimum absolute atomic E-state index is 0.0828. The largest absolute Gasteiger partial charge is 0.497 e. The molecule has 2 amide bonds. The van der Waals surface area contributed by atoms with Gasteiger partial charge in [0.05, 0.1) is 30.0 Å². The van der Waals surface area contributed by atoms with Gasteiger partial charge in [-0.15, -0.1) is 10.2 Å². The van der Waals surface area contributed by atoms with Crippen LogP contribution in [0.3, 0.4) is 0 Å². The molecular formula is C25H20BrCl2N5O3S. The Morgan fingerprint density at radius 2 is 1.76 bits per heavy atom. The van der Waals surface area contributed by atoms with Crippen LogP contribution in [0.15, 0.2) is 76.4 Å². The first-order valence-corrected chi connectivity index (χ1v) is 13.4. The first-order chi connectivity index (χ1) is 17.8. The second-order valence-electron chi connectivity index (χ2n) is 7.58. The number of aromatic nitrogens is 3. The molecule has 12 heteroatoms. The number of anilines is 1. The van der Waals surface area contributed by atoms with E-state index in [1.807, 2.05) is 24.3 Å². The zero-order valence-corrected chi connectivity index (χ0v) is 23.3. The second-order valence-corrected chi connectivity index (χ2v) is 10.3. The Morgan fingerprint density at radius 1 is 1.03 bits per heavy atom. The maximum atomic E-state index is 12.7. The molecule has 0 unspecified atom stereocenters. The van der Waals surface area contributed by atoms with Gasteiger partial charge in [-0.3, -0.25) is 14.2 Å². The summed E-state index contributed by atoms with van der Waals surface area (Å²) >= 11 is 16.8. The first kappa shape index (κ1) is 27.0. The van der Waals surface area contributed by atoms with Gasteiger partial charge in [0.15, 0.2) is 11.0 Å². The number of hydrogen-bond acceptors (Lipinski definition) is 6. The SMILES string of the molecule is COc1ccc(NC(=O)CSc2nnc(CNC(=O)c3ccc(Cl)cc3Cl)n2-c2ccc(Br)cc2)cc1. The van der Waals surface area contributed by atoms with Crippen molar-refractivity contribution in [1.82, 2.24) is 20.1 Å². The average molecular weight is 621 g/mol. The van der Waals surface area contributed by atoms with E-state index in [2.05, 4.69) is 36.8 Å². The Bertz CT molecular complexity index is 1420. The summed E-state index contributed by atoms with van der Waals surface area (Å²) < 4.78 is 7.84. The van der Waals surface area contributed by atoms with E-state index in [0.29, 0.717) is 33.0 Å². The van der Waals surface area contributed by atoms with E-state index in [1.165, 1.54) is 17.8 Å². The second kappa shape index (κ2) is 12.5. The van der Waals surface area contributed by atoms with Crippen LogP contribution in [0.1, 0.15) is 16.2 Å². The molecule has 0 atom stereocenters. The van der Waals surface area contributed by atoms with E-state index in [0.717, 1.165) is 10.2 Å². The summed E-state index contributed by atoms with van der Waals surface area (Å²) in [6, 6.07) is 19.3. The first-order valence-electron chi connectivity index (χ1n) is 10.8. The fourth-order valence-corrected chi connectivity index (χ4v) is 4.82. The quantitative estimate of drug-likeness (QED) is 0.223. The Labute approximate surface area is 235 Å². The highest BCUT2D eigenvalue weighted by Gasteiger charge is 2.18. The molecule has 0 aliphatic carbocycles. The molecule has 4 rings (SSSR count). The van der Waals surface area contributed by atoms with E-state index < -0.39 is 0 Å². The smallest absolute Gasteiger partial charge is 0.253 e. The third kappa shape index (κ3) is 7.04. The number of nitrogens with zero attached hydrogens (tertiary/aromatic N) is 3. The predicted octanol–water partition coefficient (Wildman–Crippen LogP) is 6.01. The highest BCUT2D eigenvalue weighted by atomic mass is 79.9. The van der Waals surface area contributed by atoms with Crippen LogP contribution in [0.4, 0.5) is 5.69 Å². The lowest BCUT2D eigenvalue weighted by Crippen LogP contribution is -2.25. The van der Waals surface area contributed by atoms with Crippen molar-refractivity contribution in [3.8, 4) is 11.4 Å². The van der Waals surface area contributed by atoms with E-state index >= 15 is 0 Å². The van der Waals surface area contributed by atoms with Crippen LogP contribution in [0, 0.1) is 0 Å². The minimum atomic E-state index is -0.375. The molecule has 3 aromatic carbocycles. The maximum absolute atomic E-state index is 12.7. The van der Waals surface area contributed by atoms with E-state index in [9.17, 15) is 9.59 Å². The molecule has 4 aromatic rings. The van der Waals surface area contributed by atoms with Crippen LogP contribution >= 0.6 is 50.9 Å². The average Bonchev–Trinajstić information content (AvgIpc) is 3.29. The summed E-state index contributed by atoms with van der Waals surface area (Å²) in [6.45, 7) is 0.0828. The molecule has 37 heavy (non-hydrogen) atoms. The number of thioether (sulfide) groups is 1. The van der Waals surface area contributed by atoms with Crippen molar-refractivity contribution in [3.05, 3.63) is 92.6 Å². The van der Waals surface area contributed by atoms with Gasteiger partial charge in [-0.2, -0.15) is 0 Å². The normalized spacial score (nSPS) is 10.7. The van der Waals surface area contributed by atoms with Crippen molar-refractivity contribution in [2.75, 3.05) is 18.2 Å². The highest BCUT2D eigenvalue weighted by molar-refractivity contribution is 9.10. The van der Waals surface area contributed by atoms with E-state index in [4.69, 9.17) is 27.9 Å². The Hall–Kier alpha value is -3.05. The van der Waals surface area contributed by atoms with E-state index in [-0.39, 0.29) is 29.1 Å².